The molecule has 0 heterocycles. The molecule has 0 aromatic rings. The van der Waals surface area contributed by atoms with E-state index in [0.717, 1.165) is 6.54 Å². The van der Waals surface area contributed by atoms with E-state index in [1.54, 1.807) is 0 Å². The average Bonchev–Trinajstić information content (AvgIpc) is 2.42. The molecular formula is C15H35N3. The first-order valence-corrected chi connectivity index (χ1v) is 7.86. The zero-order chi connectivity index (χ0) is 13.8. The minimum Gasteiger partial charge on any atom is -0.330 e. The van der Waals surface area contributed by atoms with E-state index in [-0.39, 0.29) is 0 Å². The zero-order valence-electron chi connectivity index (χ0n) is 13.1. The quantitative estimate of drug-likeness (QED) is 0.583. The molecule has 2 N–H and O–H groups in total. The normalized spacial score (nSPS) is 13.5. The first-order chi connectivity index (χ1) is 8.71. The lowest BCUT2D eigenvalue weighted by Gasteiger charge is -2.24. The van der Waals surface area contributed by atoms with Gasteiger partial charge in [-0.25, -0.2) is 0 Å². The first-order valence-electron chi connectivity index (χ1n) is 7.86. The van der Waals surface area contributed by atoms with Crippen LogP contribution < -0.4 is 5.73 Å². The Morgan fingerprint density at radius 1 is 0.833 bits per heavy atom. The summed E-state index contributed by atoms with van der Waals surface area (Å²) in [5, 5.41) is 0. The zero-order valence-corrected chi connectivity index (χ0v) is 13.1. The van der Waals surface area contributed by atoms with E-state index in [9.17, 15) is 0 Å². The van der Waals surface area contributed by atoms with Gasteiger partial charge in [0, 0.05) is 0 Å². The molecule has 3 nitrogen and oxygen atoms in total. The maximum absolute atomic E-state index is 5.76. The molecule has 0 saturated carbocycles. The lowest BCUT2D eigenvalue weighted by atomic mass is 10.0. The second kappa shape index (κ2) is 11.9. The summed E-state index contributed by atoms with van der Waals surface area (Å²) in [6.45, 7) is 17.0. The molecule has 0 spiro atoms. The van der Waals surface area contributed by atoms with Gasteiger partial charge in [0.15, 0.2) is 0 Å². The molecule has 18 heavy (non-hydrogen) atoms. The van der Waals surface area contributed by atoms with E-state index in [4.69, 9.17) is 5.73 Å². The fourth-order valence-corrected chi connectivity index (χ4v) is 2.34. The van der Waals surface area contributed by atoms with E-state index in [1.807, 2.05) is 0 Å². The van der Waals surface area contributed by atoms with E-state index < -0.39 is 0 Å². The van der Waals surface area contributed by atoms with Crippen LogP contribution in [-0.4, -0.2) is 55.6 Å². The monoisotopic (exact) mass is 257 g/mol. The van der Waals surface area contributed by atoms with Crippen molar-refractivity contribution in [2.45, 2.75) is 47.0 Å². The molecule has 1 atom stereocenters. The van der Waals surface area contributed by atoms with Gasteiger partial charge in [0.1, 0.15) is 0 Å². The highest BCUT2D eigenvalue weighted by atomic mass is 15.1. The van der Waals surface area contributed by atoms with Gasteiger partial charge in [-0.2, -0.15) is 0 Å². The summed E-state index contributed by atoms with van der Waals surface area (Å²) < 4.78 is 0. The number of nitrogens with zero attached hydrogens (tertiary/aromatic N) is 2. The Hall–Kier alpha value is -0.120. The van der Waals surface area contributed by atoms with Crippen LogP contribution in [0.15, 0.2) is 0 Å². The van der Waals surface area contributed by atoms with Gasteiger partial charge in [0.2, 0.25) is 0 Å². The molecule has 0 aromatic carbocycles. The van der Waals surface area contributed by atoms with Gasteiger partial charge in [-0.15, -0.1) is 0 Å². The van der Waals surface area contributed by atoms with Gasteiger partial charge in [0.05, 0.1) is 0 Å². The number of nitrogens with two attached hydrogens (primary N) is 1. The molecule has 0 rings (SSSR count). The average molecular weight is 257 g/mol. The Bertz CT molecular complexity index is 165. The molecule has 0 aliphatic heterocycles. The second-order valence-corrected chi connectivity index (χ2v) is 5.11. The van der Waals surface area contributed by atoms with Crippen LogP contribution in [-0.2, 0) is 0 Å². The van der Waals surface area contributed by atoms with Crippen molar-refractivity contribution >= 4 is 0 Å². The maximum Gasteiger partial charge on any atom is -0.000666 e. The van der Waals surface area contributed by atoms with Crippen molar-refractivity contribution in [3.63, 3.8) is 0 Å². The number of hydrogen-bond donors (Lipinski definition) is 1. The van der Waals surface area contributed by atoms with Gasteiger partial charge < -0.3 is 15.5 Å². The topological polar surface area (TPSA) is 32.5 Å². The second-order valence-electron chi connectivity index (χ2n) is 5.11. The maximum atomic E-state index is 5.76. The molecule has 110 valence electrons. The third-order valence-corrected chi connectivity index (χ3v) is 4.05. The number of rotatable bonds is 12. The standard InChI is InChI=1S/C15H35N3/c1-5-15(14-16)10-13-18(8-4)12-9-11-17(6-2)7-3/h15H,5-14,16H2,1-4H3. The molecule has 0 aliphatic carbocycles. The van der Waals surface area contributed by atoms with Crippen LogP contribution in [0.25, 0.3) is 0 Å². The molecule has 0 saturated heterocycles. The van der Waals surface area contributed by atoms with E-state index >= 15 is 0 Å². The van der Waals surface area contributed by atoms with E-state index in [0.29, 0.717) is 5.92 Å². The molecule has 0 aliphatic rings. The molecule has 0 amide bonds. The van der Waals surface area contributed by atoms with Crippen molar-refractivity contribution in [2.24, 2.45) is 11.7 Å². The summed E-state index contributed by atoms with van der Waals surface area (Å²) >= 11 is 0. The predicted molar refractivity (Wildman–Crippen MR) is 82.0 cm³/mol. The van der Waals surface area contributed by atoms with Crippen molar-refractivity contribution < 1.29 is 0 Å². The van der Waals surface area contributed by atoms with Gasteiger partial charge in [-0.1, -0.05) is 34.1 Å². The largest absolute Gasteiger partial charge is 0.330 e. The number of hydrogen-bond acceptors (Lipinski definition) is 3. The highest BCUT2D eigenvalue weighted by Gasteiger charge is 2.08. The van der Waals surface area contributed by atoms with E-state index in [2.05, 4.69) is 37.5 Å². The van der Waals surface area contributed by atoms with Crippen molar-refractivity contribution in [2.75, 3.05) is 45.8 Å². The third-order valence-electron chi connectivity index (χ3n) is 4.05. The lowest BCUT2D eigenvalue weighted by molar-refractivity contribution is 0.231. The van der Waals surface area contributed by atoms with Crippen molar-refractivity contribution in [1.82, 2.24) is 9.80 Å². The Morgan fingerprint density at radius 2 is 1.39 bits per heavy atom. The van der Waals surface area contributed by atoms with Crippen LogP contribution in [0.5, 0.6) is 0 Å². The molecular weight excluding hydrogens is 222 g/mol. The SMILES string of the molecule is CCC(CN)CCN(CC)CCCN(CC)CC. The van der Waals surface area contributed by atoms with Gasteiger partial charge in [-0.05, 0) is 64.6 Å². The van der Waals surface area contributed by atoms with Crippen LogP contribution in [0.4, 0.5) is 0 Å². The van der Waals surface area contributed by atoms with Crippen molar-refractivity contribution in [3.8, 4) is 0 Å². The van der Waals surface area contributed by atoms with Crippen LogP contribution in [0.1, 0.15) is 47.0 Å². The van der Waals surface area contributed by atoms with Gasteiger partial charge in [0.25, 0.3) is 0 Å². The van der Waals surface area contributed by atoms with E-state index in [1.165, 1.54) is 58.5 Å². The Kier molecular flexibility index (Phi) is 11.9. The van der Waals surface area contributed by atoms with Crippen LogP contribution in [0.3, 0.4) is 0 Å². The predicted octanol–water partition coefficient (Wildman–Crippen LogP) is 2.42. The summed E-state index contributed by atoms with van der Waals surface area (Å²) in [6.07, 6.45) is 3.76. The molecule has 1 unspecified atom stereocenters. The van der Waals surface area contributed by atoms with Crippen molar-refractivity contribution in [1.29, 1.82) is 0 Å². The Morgan fingerprint density at radius 3 is 1.83 bits per heavy atom. The molecule has 0 radical (unpaired) electrons. The molecule has 0 bridgehead atoms. The minimum absolute atomic E-state index is 0.710. The van der Waals surface area contributed by atoms with Gasteiger partial charge in [-0.3, -0.25) is 0 Å². The fraction of sp³-hybridized carbons (Fsp3) is 1.00. The highest BCUT2D eigenvalue weighted by Crippen LogP contribution is 2.07. The third kappa shape index (κ3) is 8.06. The lowest BCUT2D eigenvalue weighted by Crippen LogP contribution is -2.32. The smallest absolute Gasteiger partial charge is 0.000666 e. The fourth-order valence-electron chi connectivity index (χ4n) is 2.34. The van der Waals surface area contributed by atoms with Crippen LogP contribution >= 0.6 is 0 Å². The summed E-state index contributed by atoms with van der Waals surface area (Å²) in [4.78, 5) is 5.07. The minimum atomic E-state index is 0.710. The summed E-state index contributed by atoms with van der Waals surface area (Å²) in [5.41, 5.74) is 5.76. The van der Waals surface area contributed by atoms with Gasteiger partial charge >= 0.3 is 0 Å². The van der Waals surface area contributed by atoms with Crippen LogP contribution in [0.2, 0.25) is 0 Å². The Balaban J connectivity index is 3.76. The summed E-state index contributed by atoms with van der Waals surface area (Å²) in [7, 11) is 0. The van der Waals surface area contributed by atoms with Crippen LogP contribution in [0, 0.1) is 5.92 Å². The summed E-state index contributed by atoms with van der Waals surface area (Å²) in [6, 6.07) is 0. The summed E-state index contributed by atoms with van der Waals surface area (Å²) in [5.74, 6) is 0.710. The molecule has 0 fully saturated rings. The molecule has 3 heteroatoms. The van der Waals surface area contributed by atoms with Crippen molar-refractivity contribution in [3.05, 3.63) is 0 Å². The first kappa shape index (κ1) is 17.9. The highest BCUT2D eigenvalue weighted by molar-refractivity contribution is 4.64. The Labute approximate surface area is 115 Å². The molecule has 0 aromatic heterocycles.